The Bertz CT molecular complexity index is 644. The van der Waals surface area contributed by atoms with Crippen molar-refractivity contribution in [1.82, 2.24) is 0 Å². The molecule has 0 aromatic heterocycles. The summed E-state index contributed by atoms with van der Waals surface area (Å²) in [6.45, 7) is 1.28. The first-order valence-electron chi connectivity index (χ1n) is 8.49. The van der Waals surface area contributed by atoms with Crippen LogP contribution >= 0.6 is 0 Å². The number of aliphatic hydroxyl groups is 1. The summed E-state index contributed by atoms with van der Waals surface area (Å²) in [6.07, 6.45) is 2.01. The van der Waals surface area contributed by atoms with Crippen LogP contribution < -0.4 is 4.46 Å². The van der Waals surface area contributed by atoms with Crippen LogP contribution in [0.5, 0.6) is 0 Å². The minimum atomic E-state index is -2.23. The summed E-state index contributed by atoms with van der Waals surface area (Å²) in [5.74, 6) is 0.381. The molecule has 1 unspecified atom stereocenters. The fourth-order valence-corrected chi connectivity index (χ4v) is 6.67. The van der Waals surface area contributed by atoms with Crippen molar-refractivity contribution in [1.29, 1.82) is 0 Å². The van der Waals surface area contributed by atoms with Crippen molar-refractivity contribution in [2.24, 2.45) is 5.92 Å². The second-order valence-corrected chi connectivity index (χ2v) is 9.90. The number of hydrogen-bond acceptors (Lipinski definition) is 3. The van der Waals surface area contributed by atoms with Gasteiger partial charge in [0.1, 0.15) is 0 Å². The van der Waals surface area contributed by atoms with Crippen molar-refractivity contribution in [2.45, 2.75) is 36.8 Å². The van der Waals surface area contributed by atoms with E-state index in [9.17, 15) is 8.94 Å². The van der Waals surface area contributed by atoms with E-state index in [0.29, 0.717) is 19.1 Å². The molecule has 1 saturated carbocycles. The van der Waals surface area contributed by atoms with Crippen LogP contribution in [-0.2, 0) is 15.2 Å². The Morgan fingerprint density at radius 1 is 1.00 bits per heavy atom. The molecular weight excluding hydrogens is 367 g/mol. The molecule has 2 aromatic carbocycles. The van der Waals surface area contributed by atoms with E-state index in [-0.39, 0.29) is 4.82 Å². The summed E-state index contributed by atoms with van der Waals surface area (Å²) in [7, 11) is 0. The number of hydrogen-bond donors (Lipinski definition) is 1. The van der Waals surface area contributed by atoms with Crippen molar-refractivity contribution in [3.05, 3.63) is 66.2 Å². The van der Waals surface area contributed by atoms with Gasteiger partial charge in [0.15, 0.2) is 0 Å². The molecule has 3 rings (SSSR count). The van der Waals surface area contributed by atoms with Gasteiger partial charge >= 0.3 is 148 Å². The zero-order valence-corrected chi connectivity index (χ0v) is 15.4. The molecule has 0 bridgehead atoms. The van der Waals surface area contributed by atoms with Gasteiger partial charge in [0, 0.05) is 0 Å². The number of aliphatic hydroxyl groups excluding tert-OH is 1. The molecule has 3 nitrogen and oxygen atoms in total. The van der Waals surface area contributed by atoms with Gasteiger partial charge in [-0.1, -0.05) is 0 Å². The Labute approximate surface area is 147 Å². The maximum atomic E-state index is 12.9. The third kappa shape index (κ3) is 4.61. The van der Waals surface area contributed by atoms with E-state index in [1.807, 2.05) is 48.5 Å². The molecule has 0 spiro atoms. The Kier molecular flexibility index (Phi) is 6.33. The van der Waals surface area contributed by atoms with Crippen LogP contribution in [0, 0.1) is 5.92 Å². The predicted molar refractivity (Wildman–Crippen MR) is 95.7 cm³/mol. The molecular formula is C20H24O3Se. The van der Waals surface area contributed by atoms with Gasteiger partial charge in [-0.2, -0.15) is 0 Å². The third-order valence-corrected chi connectivity index (χ3v) is 8.34. The Morgan fingerprint density at radius 2 is 1.67 bits per heavy atom. The van der Waals surface area contributed by atoms with Gasteiger partial charge in [0.2, 0.25) is 0 Å². The molecule has 2 aromatic rings. The zero-order chi connectivity index (χ0) is 16.8. The van der Waals surface area contributed by atoms with Gasteiger partial charge in [0.05, 0.1) is 0 Å². The standard InChI is InChI=1S/C20H24O3Se/c21-19-12-11-17(15-23-14-16-7-3-1-4-8-16)13-20(19)24(22)18-9-5-2-6-10-18/h1-10,17,19-21H,11-15H2/t17-,19+,20+,24?/m0/s1. The molecule has 0 saturated heterocycles. The first kappa shape index (κ1) is 17.5. The summed E-state index contributed by atoms with van der Waals surface area (Å²) in [4.78, 5) is -0.105. The Balaban J connectivity index is 1.54. The van der Waals surface area contributed by atoms with E-state index < -0.39 is 19.9 Å². The fourth-order valence-electron chi connectivity index (χ4n) is 3.22. The second kappa shape index (κ2) is 8.68. The third-order valence-electron chi connectivity index (χ3n) is 4.58. The number of ether oxygens (including phenoxy) is 1. The molecule has 24 heavy (non-hydrogen) atoms. The molecule has 128 valence electrons. The molecule has 1 aliphatic carbocycles. The average Bonchev–Trinajstić information content (AvgIpc) is 2.64. The maximum absolute atomic E-state index is 12.9. The SMILES string of the molecule is O=[Se](c1ccccc1)[C@@H]1C[C@@H](COCc2ccccc2)CC[C@H]1O. The Hall–Kier alpha value is -1.32. The molecule has 1 fully saturated rings. The molecule has 4 atom stereocenters. The monoisotopic (exact) mass is 392 g/mol. The molecule has 0 heterocycles. The van der Waals surface area contributed by atoms with E-state index in [0.717, 1.165) is 23.7 Å². The summed E-state index contributed by atoms with van der Waals surface area (Å²) in [6, 6.07) is 19.7. The van der Waals surface area contributed by atoms with Gasteiger partial charge < -0.3 is 0 Å². The van der Waals surface area contributed by atoms with Crippen LogP contribution in [0.25, 0.3) is 0 Å². The van der Waals surface area contributed by atoms with Crippen LogP contribution in [0.2, 0.25) is 4.82 Å². The number of benzene rings is 2. The first-order valence-corrected chi connectivity index (χ1v) is 11.0. The molecule has 0 aliphatic heterocycles. The van der Waals surface area contributed by atoms with E-state index in [4.69, 9.17) is 4.74 Å². The van der Waals surface area contributed by atoms with Gasteiger partial charge in [-0.25, -0.2) is 0 Å². The van der Waals surface area contributed by atoms with Gasteiger partial charge in [-0.15, -0.1) is 0 Å². The quantitative estimate of drug-likeness (QED) is 0.770. The van der Waals surface area contributed by atoms with Crippen molar-refractivity contribution < 1.29 is 13.7 Å². The summed E-state index contributed by atoms with van der Waals surface area (Å²) in [5, 5.41) is 10.3. The zero-order valence-electron chi connectivity index (χ0n) is 13.7. The molecule has 1 N–H and O–H groups in total. The minimum absolute atomic E-state index is 0.105. The van der Waals surface area contributed by atoms with E-state index >= 15 is 0 Å². The summed E-state index contributed by atoms with van der Waals surface area (Å²) >= 11 is -2.23. The van der Waals surface area contributed by atoms with E-state index in [1.54, 1.807) is 0 Å². The van der Waals surface area contributed by atoms with Crippen LogP contribution in [0.3, 0.4) is 0 Å². The summed E-state index contributed by atoms with van der Waals surface area (Å²) in [5.41, 5.74) is 1.17. The Morgan fingerprint density at radius 3 is 2.38 bits per heavy atom. The average molecular weight is 391 g/mol. The van der Waals surface area contributed by atoms with Crippen molar-refractivity contribution in [2.75, 3.05) is 6.61 Å². The molecule has 0 amide bonds. The summed E-state index contributed by atoms with van der Waals surface area (Å²) < 4.78 is 19.6. The van der Waals surface area contributed by atoms with Crippen LogP contribution in [0.1, 0.15) is 24.8 Å². The molecule has 1 aliphatic rings. The molecule has 0 radical (unpaired) electrons. The first-order chi connectivity index (χ1) is 11.7. The van der Waals surface area contributed by atoms with Crippen LogP contribution in [-0.4, -0.2) is 31.7 Å². The molecule has 4 heteroatoms. The van der Waals surface area contributed by atoms with E-state index in [1.165, 1.54) is 5.56 Å². The second-order valence-electron chi connectivity index (χ2n) is 6.40. The van der Waals surface area contributed by atoms with Crippen LogP contribution in [0.15, 0.2) is 60.7 Å². The normalized spacial score (nSPS) is 25.3. The topological polar surface area (TPSA) is 46.5 Å². The van der Waals surface area contributed by atoms with Gasteiger partial charge in [-0.3, -0.25) is 0 Å². The van der Waals surface area contributed by atoms with E-state index in [2.05, 4.69) is 12.1 Å². The van der Waals surface area contributed by atoms with Crippen LogP contribution in [0.4, 0.5) is 0 Å². The van der Waals surface area contributed by atoms with Crippen molar-refractivity contribution >= 4 is 18.3 Å². The van der Waals surface area contributed by atoms with Crippen molar-refractivity contribution in [3.8, 4) is 0 Å². The van der Waals surface area contributed by atoms with Crippen molar-refractivity contribution in [3.63, 3.8) is 0 Å². The number of rotatable bonds is 6. The predicted octanol–water partition coefficient (Wildman–Crippen LogP) is 3.06. The van der Waals surface area contributed by atoms with Gasteiger partial charge in [0.25, 0.3) is 0 Å². The fraction of sp³-hybridized carbons (Fsp3) is 0.400. The van der Waals surface area contributed by atoms with Gasteiger partial charge in [-0.05, 0) is 0 Å².